The lowest BCUT2D eigenvalue weighted by atomic mass is 9.88. The van der Waals surface area contributed by atoms with E-state index in [-0.39, 0.29) is 11.1 Å². The standard InChI is InChI=1S/C30H27N3O3/c1-20-19-30(2,3)31(4)26-16-15-21(17-24(20)26)18-25-27(34)32(22-11-7-5-8-12-22)29(36)33(28(25)35)23-13-9-6-10-14-23/h5-19H,1-4H3. The van der Waals surface area contributed by atoms with Crippen molar-refractivity contribution in [1.82, 2.24) is 0 Å². The Morgan fingerprint density at radius 1 is 0.750 bits per heavy atom. The maximum Gasteiger partial charge on any atom is 0.343 e. The minimum atomic E-state index is -0.701. The van der Waals surface area contributed by atoms with Crippen LogP contribution in [0, 0.1) is 0 Å². The maximum atomic E-state index is 13.6. The summed E-state index contributed by atoms with van der Waals surface area (Å²) in [6.07, 6.45) is 3.78. The van der Waals surface area contributed by atoms with Gasteiger partial charge >= 0.3 is 6.03 Å². The van der Waals surface area contributed by atoms with Crippen LogP contribution in [0.15, 0.2) is 90.5 Å². The number of para-hydroxylation sites is 2. The second-order valence-electron chi connectivity index (χ2n) is 9.61. The Kier molecular flexibility index (Phi) is 5.59. The Balaban J connectivity index is 1.63. The molecule has 0 unspecified atom stereocenters. The first-order valence-corrected chi connectivity index (χ1v) is 11.8. The van der Waals surface area contributed by atoms with Crippen molar-refractivity contribution in [3.63, 3.8) is 0 Å². The second kappa shape index (κ2) is 8.64. The number of rotatable bonds is 3. The first-order valence-electron chi connectivity index (χ1n) is 11.8. The predicted molar refractivity (Wildman–Crippen MR) is 144 cm³/mol. The van der Waals surface area contributed by atoms with Gasteiger partial charge in [-0.2, -0.15) is 0 Å². The number of likely N-dealkylation sites (N-methyl/N-ethyl adjacent to an activating group) is 1. The highest BCUT2D eigenvalue weighted by Gasteiger charge is 2.43. The van der Waals surface area contributed by atoms with Crippen LogP contribution >= 0.6 is 0 Å². The summed E-state index contributed by atoms with van der Waals surface area (Å²) < 4.78 is 0. The van der Waals surface area contributed by atoms with Gasteiger partial charge in [-0.1, -0.05) is 48.5 Å². The number of amides is 4. The van der Waals surface area contributed by atoms with Crippen molar-refractivity contribution in [2.75, 3.05) is 21.7 Å². The first kappa shape index (κ1) is 23.3. The fourth-order valence-electron chi connectivity index (χ4n) is 4.77. The number of barbiturate groups is 1. The van der Waals surface area contributed by atoms with Gasteiger partial charge in [0.1, 0.15) is 5.57 Å². The molecule has 1 saturated heterocycles. The number of urea groups is 1. The number of hydrogen-bond acceptors (Lipinski definition) is 4. The number of anilines is 3. The van der Waals surface area contributed by atoms with Gasteiger partial charge in [0.25, 0.3) is 11.8 Å². The van der Waals surface area contributed by atoms with Crippen LogP contribution < -0.4 is 14.7 Å². The lowest BCUT2D eigenvalue weighted by Gasteiger charge is -2.40. The van der Waals surface area contributed by atoms with Crippen LogP contribution in [0.25, 0.3) is 11.6 Å². The molecule has 180 valence electrons. The van der Waals surface area contributed by atoms with Crippen molar-refractivity contribution in [2.24, 2.45) is 0 Å². The highest BCUT2D eigenvalue weighted by atomic mass is 16.2. The molecule has 0 bridgehead atoms. The van der Waals surface area contributed by atoms with E-state index in [4.69, 9.17) is 0 Å². The normalized spacial score (nSPS) is 17.2. The number of carbonyl (C=O) groups excluding carboxylic acids is 3. The Morgan fingerprint density at radius 2 is 1.28 bits per heavy atom. The number of nitrogens with zero attached hydrogens (tertiary/aromatic N) is 3. The lowest BCUT2D eigenvalue weighted by Crippen LogP contribution is -2.57. The molecule has 3 aromatic carbocycles. The van der Waals surface area contributed by atoms with Crippen molar-refractivity contribution in [1.29, 1.82) is 0 Å². The van der Waals surface area contributed by atoms with Crippen molar-refractivity contribution in [3.05, 3.63) is 102 Å². The molecule has 3 aromatic rings. The zero-order chi connectivity index (χ0) is 25.6. The van der Waals surface area contributed by atoms with Gasteiger partial charge in [-0.3, -0.25) is 9.59 Å². The molecular formula is C30H27N3O3. The fraction of sp³-hybridized carbons (Fsp3) is 0.167. The summed E-state index contributed by atoms with van der Waals surface area (Å²) in [7, 11) is 2.05. The third kappa shape index (κ3) is 3.81. The van der Waals surface area contributed by atoms with Crippen molar-refractivity contribution >= 4 is 46.6 Å². The van der Waals surface area contributed by atoms with Crippen LogP contribution in [0.5, 0.6) is 0 Å². The lowest BCUT2D eigenvalue weighted by molar-refractivity contribution is -0.121. The smallest absolute Gasteiger partial charge is 0.343 e. The van der Waals surface area contributed by atoms with Crippen LogP contribution in [0.2, 0.25) is 0 Å². The molecule has 0 radical (unpaired) electrons. The van der Waals surface area contributed by atoms with Gasteiger partial charge in [-0.15, -0.1) is 0 Å². The van der Waals surface area contributed by atoms with E-state index in [2.05, 4.69) is 38.8 Å². The molecule has 0 aromatic heterocycles. The van der Waals surface area contributed by atoms with E-state index in [0.29, 0.717) is 16.9 Å². The van der Waals surface area contributed by atoms with Gasteiger partial charge in [0, 0.05) is 18.3 Å². The van der Waals surface area contributed by atoms with Crippen LogP contribution in [0.4, 0.5) is 21.9 Å². The summed E-state index contributed by atoms with van der Waals surface area (Å²) in [6.45, 7) is 6.37. The van der Waals surface area contributed by atoms with E-state index in [1.165, 1.54) is 0 Å². The molecule has 0 spiro atoms. The van der Waals surface area contributed by atoms with Crippen LogP contribution in [0.3, 0.4) is 0 Å². The van der Waals surface area contributed by atoms with Crippen LogP contribution in [-0.4, -0.2) is 30.4 Å². The predicted octanol–water partition coefficient (Wildman–Crippen LogP) is 5.90. The number of fused-ring (bicyclic) bond motifs is 1. The molecule has 2 heterocycles. The summed E-state index contributed by atoms with van der Waals surface area (Å²) >= 11 is 0. The molecule has 2 aliphatic rings. The molecule has 0 aliphatic carbocycles. The Morgan fingerprint density at radius 3 is 1.81 bits per heavy atom. The summed E-state index contributed by atoms with van der Waals surface area (Å²) in [5.41, 5.74) is 4.56. The average Bonchev–Trinajstić information content (AvgIpc) is 2.86. The van der Waals surface area contributed by atoms with Gasteiger partial charge in [-0.05, 0) is 74.4 Å². The minimum absolute atomic E-state index is 0.0756. The molecule has 1 fully saturated rings. The zero-order valence-corrected chi connectivity index (χ0v) is 20.7. The van der Waals surface area contributed by atoms with Crippen molar-refractivity contribution in [3.8, 4) is 0 Å². The summed E-state index contributed by atoms with van der Waals surface area (Å²) in [5.74, 6) is -1.29. The number of imide groups is 2. The molecule has 6 nitrogen and oxygen atoms in total. The van der Waals surface area contributed by atoms with Gasteiger partial charge in [0.15, 0.2) is 0 Å². The molecule has 36 heavy (non-hydrogen) atoms. The maximum absolute atomic E-state index is 13.6. The minimum Gasteiger partial charge on any atom is -0.366 e. The van der Waals surface area contributed by atoms with E-state index < -0.39 is 17.8 Å². The first-order chi connectivity index (χ1) is 17.2. The van der Waals surface area contributed by atoms with E-state index in [1.54, 1.807) is 66.7 Å². The molecule has 2 aliphatic heterocycles. The Hall–Kier alpha value is -4.45. The molecular weight excluding hydrogens is 450 g/mol. The second-order valence-corrected chi connectivity index (χ2v) is 9.61. The number of allylic oxidation sites excluding steroid dienone is 1. The largest absolute Gasteiger partial charge is 0.366 e. The summed E-state index contributed by atoms with van der Waals surface area (Å²) in [6, 6.07) is 22.5. The van der Waals surface area contributed by atoms with E-state index in [1.807, 2.05) is 18.2 Å². The number of carbonyl (C=O) groups is 3. The highest BCUT2D eigenvalue weighted by Crippen LogP contribution is 2.39. The monoisotopic (exact) mass is 477 g/mol. The van der Waals surface area contributed by atoms with E-state index >= 15 is 0 Å². The average molecular weight is 478 g/mol. The molecule has 4 amide bonds. The fourth-order valence-corrected chi connectivity index (χ4v) is 4.77. The van der Waals surface area contributed by atoms with E-state index in [0.717, 1.165) is 26.6 Å². The molecule has 0 saturated carbocycles. The Bertz CT molecular complexity index is 1380. The van der Waals surface area contributed by atoms with Crippen molar-refractivity contribution < 1.29 is 14.4 Å². The Labute approximate surface area is 210 Å². The summed E-state index contributed by atoms with van der Waals surface area (Å²) in [4.78, 5) is 44.9. The molecule has 0 N–H and O–H groups in total. The van der Waals surface area contributed by atoms with Gasteiger partial charge < -0.3 is 4.90 Å². The van der Waals surface area contributed by atoms with Gasteiger partial charge in [0.05, 0.1) is 16.9 Å². The number of benzene rings is 3. The van der Waals surface area contributed by atoms with Crippen LogP contribution in [-0.2, 0) is 9.59 Å². The highest BCUT2D eigenvalue weighted by molar-refractivity contribution is 6.46. The van der Waals surface area contributed by atoms with Crippen LogP contribution in [0.1, 0.15) is 31.9 Å². The number of hydrogen-bond donors (Lipinski definition) is 0. The molecule has 6 heteroatoms. The SMILES string of the molecule is CC1=CC(C)(C)N(C)c2ccc(C=C3C(=O)N(c4ccccc4)C(=O)N(c4ccccc4)C3=O)cc21. The zero-order valence-electron chi connectivity index (χ0n) is 20.7. The summed E-state index contributed by atoms with van der Waals surface area (Å²) in [5, 5.41) is 0. The van der Waals surface area contributed by atoms with E-state index in [9.17, 15) is 14.4 Å². The van der Waals surface area contributed by atoms with Gasteiger partial charge in [0.2, 0.25) is 0 Å². The molecule has 5 rings (SSSR count). The van der Waals surface area contributed by atoms with Gasteiger partial charge in [-0.25, -0.2) is 14.6 Å². The molecule has 0 atom stereocenters. The third-order valence-corrected chi connectivity index (χ3v) is 6.83. The third-order valence-electron chi connectivity index (χ3n) is 6.83. The quantitative estimate of drug-likeness (QED) is 0.348. The topological polar surface area (TPSA) is 60.9 Å². The van der Waals surface area contributed by atoms with Crippen molar-refractivity contribution in [2.45, 2.75) is 26.3 Å².